The third-order valence-corrected chi connectivity index (χ3v) is 3.62. The van der Waals surface area contributed by atoms with Crippen molar-refractivity contribution in [3.63, 3.8) is 0 Å². The first-order chi connectivity index (χ1) is 9.93. The molecule has 0 radical (unpaired) electrons. The SMILES string of the molecule is CC1(C)C(=O)C(n2cncn2)N(c2cccc(F)c2)C1=O. The average Bonchev–Trinajstić information content (AvgIpc) is 3.01. The minimum Gasteiger partial charge on any atom is -0.294 e. The number of hydrogen-bond acceptors (Lipinski definition) is 4. The van der Waals surface area contributed by atoms with E-state index in [-0.39, 0.29) is 5.78 Å². The molecule has 1 saturated heterocycles. The summed E-state index contributed by atoms with van der Waals surface area (Å²) in [6.07, 6.45) is 1.70. The minimum atomic E-state index is -1.19. The zero-order chi connectivity index (χ0) is 15.2. The molecule has 3 rings (SSSR count). The lowest BCUT2D eigenvalue weighted by Crippen LogP contribution is -2.34. The van der Waals surface area contributed by atoms with Crippen LogP contribution in [0.2, 0.25) is 0 Å². The molecule has 1 fully saturated rings. The summed E-state index contributed by atoms with van der Waals surface area (Å²) in [5.74, 6) is -1.17. The van der Waals surface area contributed by atoms with Gasteiger partial charge in [0.2, 0.25) is 5.91 Å². The van der Waals surface area contributed by atoms with Crippen molar-refractivity contribution < 1.29 is 14.0 Å². The molecular formula is C14H13FN4O2. The Balaban J connectivity index is 2.15. The molecule has 1 aromatic carbocycles. The quantitative estimate of drug-likeness (QED) is 0.786. The zero-order valence-electron chi connectivity index (χ0n) is 11.5. The molecule has 108 valence electrons. The van der Waals surface area contributed by atoms with Gasteiger partial charge in [0.15, 0.2) is 11.9 Å². The molecule has 7 heteroatoms. The van der Waals surface area contributed by atoms with E-state index < -0.39 is 23.3 Å². The highest BCUT2D eigenvalue weighted by Gasteiger charge is 2.55. The summed E-state index contributed by atoms with van der Waals surface area (Å²) < 4.78 is 14.8. The van der Waals surface area contributed by atoms with Gasteiger partial charge in [0, 0.05) is 5.69 Å². The van der Waals surface area contributed by atoms with E-state index >= 15 is 0 Å². The van der Waals surface area contributed by atoms with Crippen LogP contribution in [-0.4, -0.2) is 26.5 Å². The predicted molar refractivity (Wildman–Crippen MR) is 71.7 cm³/mol. The number of rotatable bonds is 2. The number of carbonyl (C=O) groups excluding carboxylic acids is 2. The number of ketones is 1. The number of hydrogen-bond donors (Lipinski definition) is 0. The van der Waals surface area contributed by atoms with Crippen LogP contribution in [0.3, 0.4) is 0 Å². The first-order valence-electron chi connectivity index (χ1n) is 6.40. The van der Waals surface area contributed by atoms with Crippen LogP contribution in [0.5, 0.6) is 0 Å². The summed E-state index contributed by atoms with van der Waals surface area (Å²) in [6.45, 7) is 3.11. The van der Waals surface area contributed by atoms with Crippen LogP contribution in [0.1, 0.15) is 20.0 Å². The fourth-order valence-corrected chi connectivity index (χ4v) is 2.42. The molecule has 1 aliphatic heterocycles. The Labute approximate surface area is 120 Å². The largest absolute Gasteiger partial charge is 0.294 e. The van der Waals surface area contributed by atoms with Crippen LogP contribution in [0, 0.1) is 11.2 Å². The molecule has 1 aromatic heterocycles. The van der Waals surface area contributed by atoms with Crippen molar-refractivity contribution in [2.75, 3.05) is 4.90 Å². The Morgan fingerprint density at radius 3 is 2.67 bits per heavy atom. The molecule has 2 heterocycles. The van der Waals surface area contributed by atoms with Crippen LogP contribution >= 0.6 is 0 Å². The second-order valence-corrected chi connectivity index (χ2v) is 5.39. The van der Waals surface area contributed by atoms with E-state index in [1.165, 1.54) is 40.4 Å². The van der Waals surface area contributed by atoms with E-state index in [4.69, 9.17) is 0 Å². The Bertz CT molecular complexity index is 712. The number of halogens is 1. The average molecular weight is 288 g/mol. The summed E-state index contributed by atoms with van der Waals surface area (Å²) in [6, 6.07) is 5.57. The van der Waals surface area contributed by atoms with Gasteiger partial charge in [-0.15, -0.1) is 0 Å². The molecule has 0 aliphatic carbocycles. The number of carbonyl (C=O) groups is 2. The van der Waals surface area contributed by atoms with Crippen LogP contribution < -0.4 is 4.90 Å². The van der Waals surface area contributed by atoms with Crippen LogP contribution in [0.15, 0.2) is 36.9 Å². The molecule has 1 aliphatic rings. The van der Waals surface area contributed by atoms with E-state index in [2.05, 4.69) is 10.1 Å². The maximum atomic E-state index is 13.4. The summed E-state index contributed by atoms with van der Waals surface area (Å²) in [5.41, 5.74) is -0.873. The third-order valence-electron chi connectivity index (χ3n) is 3.62. The van der Waals surface area contributed by atoms with Gasteiger partial charge in [-0.25, -0.2) is 14.1 Å². The monoisotopic (exact) mass is 288 g/mol. The lowest BCUT2D eigenvalue weighted by Gasteiger charge is -2.23. The molecular weight excluding hydrogens is 275 g/mol. The molecule has 0 spiro atoms. The van der Waals surface area contributed by atoms with Gasteiger partial charge in [0.25, 0.3) is 0 Å². The van der Waals surface area contributed by atoms with E-state index in [9.17, 15) is 14.0 Å². The molecule has 21 heavy (non-hydrogen) atoms. The fourth-order valence-electron chi connectivity index (χ4n) is 2.42. The molecule has 6 nitrogen and oxygen atoms in total. The summed E-state index contributed by atoms with van der Waals surface area (Å²) in [5, 5.41) is 3.94. The lowest BCUT2D eigenvalue weighted by molar-refractivity contribution is -0.133. The summed E-state index contributed by atoms with van der Waals surface area (Å²) >= 11 is 0. The second kappa shape index (κ2) is 4.47. The van der Waals surface area contributed by atoms with Gasteiger partial charge in [-0.05, 0) is 32.0 Å². The van der Waals surface area contributed by atoms with E-state index in [0.717, 1.165) is 0 Å². The van der Waals surface area contributed by atoms with Gasteiger partial charge in [-0.2, -0.15) is 5.10 Å². The van der Waals surface area contributed by atoms with Crippen molar-refractivity contribution in [3.8, 4) is 0 Å². The van der Waals surface area contributed by atoms with Gasteiger partial charge in [-0.1, -0.05) is 6.07 Å². The van der Waals surface area contributed by atoms with Gasteiger partial charge < -0.3 is 0 Å². The number of anilines is 1. The third kappa shape index (κ3) is 1.93. The number of aromatic nitrogens is 3. The highest BCUT2D eigenvalue weighted by Crippen LogP contribution is 2.40. The van der Waals surface area contributed by atoms with Gasteiger partial charge in [0.05, 0.1) is 0 Å². The standard InChI is InChI=1S/C14H13FN4O2/c1-14(2)11(20)12(18-8-16-7-17-18)19(13(14)21)10-5-3-4-9(15)6-10/h3-8,12H,1-2H3. The number of amides is 1. The molecule has 1 amide bonds. The normalized spacial score (nSPS) is 21.1. The fraction of sp³-hybridized carbons (Fsp3) is 0.286. The van der Waals surface area contributed by atoms with Crippen molar-refractivity contribution in [2.45, 2.75) is 20.0 Å². The van der Waals surface area contributed by atoms with Crippen LogP contribution in [0.4, 0.5) is 10.1 Å². The lowest BCUT2D eigenvalue weighted by atomic mass is 9.90. The topological polar surface area (TPSA) is 68.1 Å². The number of nitrogens with zero attached hydrogens (tertiary/aromatic N) is 4. The minimum absolute atomic E-state index is 0.303. The van der Waals surface area contributed by atoms with Gasteiger partial charge >= 0.3 is 0 Å². The maximum absolute atomic E-state index is 13.4. The highest BCUT2D eigenvalue weighted by atomic mass is 19.1. The van der Waals surface area contributed by atoms with E-state index in [1.54, 1.807) is 19.9 Å². The van der Waals surface area contributed by atoms with Crippen LogP contribution in [-0.2, 0) is 9.59 Å². The Morgan fingerprint density at radius 2 is 2.05 bits per heavy atom. The molecule has 0 N–H and O–H groups in total. The summed E-state index contributed by atoms with van der Waals surface area (Å²) in [4.78, 5) is 30.2. The molecule has 1 unspecified atom stereocenters. The molecule has 0 saturated carbocycles. The Kier molecular flexibility index (Phi) is 2.86. The first-order valence-corrected chi connectivity index (χ1v) is 6.40. The van der Waals surface area contributed by atoms with Crippen molar-refractivity contribution in [1.82, 2.24) is 14.8 Å². The highest BCUT2D eigenvalue weighted by molar-refractivity contribution is 6.21. The molecule has 0 bridgehead atoms. The maximum Gasteiger partial charge on any atom is 0.242 e. The van der Waals surface area contributed by atoms with Crippen molar-refractivity contribution >= 4 is 17.4 Å². The van der Waals surface area contributed by atoms with E-state index in [0.29, 0.717) is 5.69 Å². The second-order valence-electron chi connectivity index (χ2n) is 5.39. The van der Waals surface area contributed by atoms with E-state index in [1.807, 2.05) is 0 Å². The number of benzene rings is 1. The smallest absolute Gasteiger partial charge is 0.242 e. The van der Waals surface area contributed by atoms with Crippen molar-refractivity contribution in [1.29, 1.82) is 0 Å². The Morgan fingerprint density at radius 1 is 1.29 bits per heavy atom. The van der Waals surface area contributed by atoms with Crippen LogP contribution in [0.25, 0.3) is 0 Å². The first kappa shape index (κ1) is 13.4. The zero-order valence-corrected chi connectivity index (χ0v) is 11.5. The van der Waals surface area contributed by atoms with Gasteiger partial charge in [-0.3, -0.25) is 14.5 Å². The van der Waals surface area contributed by atoms with Gasteiger partial charge in [0.1, 0.15) is 23.9 Å². The molecule has 2 aromatic rings. The predicted octanol–water partition coefficient (Wildman–Crippen LogP) is 1.56. The Hall–Kier alpha value is -2.57. The summed E-state index contributed by atoms with van der Waals surface area (Å²) in [7, 11) is 0. The number of Topliss-reactive ketones (excluding diaryl/α,β-unsaturated/α-hetero) is 1. The van der Waals surface area contributed by atoms with Crippen molar-refractivity contribution in [3.05, 3.63) is 42.7 Å². The van der Waals surface area contributed by atoms with Crippen molar-refractivity contribution in [2.24, 2.45) is 5.41 Å². The molecule has 1 atom stereocenters.